The largest absolute Gasteiger partial charge is 0.497 e. The number of amides is 2. The van der Waals surface area contributed by atoms with Crippen LogP contribution in [0.15, 0.2) is 77.5 Å². The lowest BCUT2D eigenvalue weighted by atomic mass is 9.98. The van der Waals surface area contributed by atoms with E-state index in [1.165, 1.54) is 0 Å². The summed E-state index contributed by atoms with van der Waals surface area (Å²) in [7, 11) is 1.59. The summed E-state index contributed by atoms with van der Waals surface area (Å²) in [5.41, 5.74) is 3.57. The zero-order chi connectivity index (χ0) is 22.8. The van der Waals surface area contributed by atoms with Gasteiger partial charge in [0.15, 0.2) is 5.76 Å². The number of rotatable bonds is 5. The van der Waals surface area contributed by atoms with Crippen LogP contribution in [0.2, 0.25) is 0 Å². The summed E-state index contributed by atoms with van der Waals surface area (Å²) >= 11 is 0. The maximum Gasteiger partial charge on any atom is 0.290 e. The van der Waals surface area contributed by atoms with Gasteiger partial charge in [-0.1, -0.05) is 30.3 Å². The molecule has 4 aromatic rings. The van der Waals surface area contributed by atoms with Crippen LogP contribution in [-0.2, 0) is 11.2 Å². The molecule has 1 atom stereocenters. The Balaban J connectivity index is 1.42. The molecule has 5 rings (SSSR count). The van der Waals surface area contributed by atoms with Crippen LogP contribution in [0.4, 0.5) is 0 Å². The van der Waals surface area contributed by atoms with Gasteiger partial charge < -0.3 is 19.4 Å². The summed E-state index contributed by atoms with van der Waals surface area (Å²) in [6.07, 6.45) is 3.94. The second-order valence-electron chi connectivity index (χ2n) is 7.97. The predicted molar refractivity (Wildman–Crippen MR) is 124 cm³/mol. The van der Waals surface area contributed by atoms with Crippen molar-refractivity contribution in [1.82, 2.24) is 15.2 Å². The molecule has 166 valence electrons. The number of fused-ring (bicyclic) bond motifs is 1. The first-order valence-electron chi connectivity index (χ1n) is 10.8. The van der Waals surface area contributed by atoms with Crippen molar-refractivity contribution in [1.29, 1.82) is 0 Å². The molecule has 0 aliphatic carbocycles. The van der Waals surface area contributed by atoms with E-state index in [9.17, 15) is 9.59 Å². The summed E-state index contributed by atoms with van der Waals surface area (Å²) in [5.74, 6) is 0.431. The lowest BCUT2D eigenvalue weighted by Gasteiger charge is -2.34. The second-order valence-corrected chi connectivity index (χ2v) is 7.97. The van der Waals surface area contributed by atoms with Gasteiger partial charge in [-0.15, -0.1) is 0 Å². The molecular formula is C26H23N3O4. The Labute approximate surface area is 191 Å². The first kappa shape index (κ1) is 20.8. The normalized spacial score (nSPS) is 16.0. The van der Waals surface area contributed by atoms with Crippen LogP contribution in [0.3, 0.4) is 0 Å². The zero-order valence-corrected chi connectivity index (χ0v) is 18.2. The summed E-state index contributed by atoms with van der Waals surface area (Å²) in [6, 6.07) is 18.3. The molecule has 1 N–H and O–H groups in total. The van der Waals surface area contributed by atoms with E-state index >= 15 is 0 Å². The van der Waals surface area contributed by atoms with Crippen molar-refractivity contribution in [3.05, 3.63) is 84.4 Å². The molecule has 2 amide bonds. The molecule has 3 heterocycles. The summed E-state index contributed by atoms with van der Waals surface area (Å²) < 4.78 is 11.1. The number of hydrogen-bond donors (Lipinski definition) is 1. The molecule has 0 radical (unpaired) electrons. The highest BCUT2D eigenvalue weighted by Gasteiger charge is 2.35. The Kier molecular flexibility index (Phi) is 5.52. The highest BCUT2D eigenvalue weighted by Crippen LogP contribution is 2.26. The van der Waals surface area contributed by atoms with Gasteiger partial charge in [-0.25, -0.2) is 0 Å². The Morgan fingerprint density at radius 2 is 2.03 bits per heavy atom. The lowest BCUT2D eigenvalue weighted by Crippen LogP contribution is -2.58. The number of benzene rings is 2. The Hall–Kier alpha value is -4.13. The fourth-order valence-electron chi connectivity index (χ4n) is 4.19. The number of ether oxygens (including phenoxy) is 1. The number of hydrogen-bond acceptors (Lipinski definition) is 5. The summed E-state index contributed by atoms with van der Waals surface area (Å²) in [6.45, 7) is 0.822. The fourth-order valence-corrected chi connectivity index (χ4v) is 4.19. The molecular weight excluding hydrogens is 418 g/mol. The summed E-state index contributed by atoms with van der Waals surface area (Å²) in [4.78, 5) is 31.9. The van der Waals surface area contributed by atoms with Gasteiger partial charge in [0, 0.05) is 37.3 Å². The van der Waals surface area contributed by atoms with E-state index in [1.54, 1.807) is 42.6 Å². The SMILES string of the molecule is COc1ccc2oc(C(=O)N3CCNC(=O)[C@H]3Cc3cccc(-c4cccnc4)c3)cc2c1. The Morgan fingerprint density at radius 3 is 2.85 bits per heavy atom. The molecule has 0 bridgehead atoms. The molecule has 1 aliphatic rings. The van der Waals surface area contributed by atoms with Crippen LogP contribution in [-0.4, -0.2) is 47.9 Å². The minimum absolute atomic E-state index is 0.167. The summed E-state index contributed by atoms with van der Waals surface area (Å²) in [5, 5.41) is 3.66. The third-order valence-electron chi connectivity index (χ3n) is 5.88. The molecule has 7 nitrogen and oxygen atoms in total. The average molecular weight is 441 g/mol. The monoisotopic (exact) mass is 441 g/mol. The zero-order valence-electron chi connectivity index (χ0n) is 18.2. The average Bonchev–Trinajstić information content (AvgIpc) is 3.29. The minimum atomic E-state index is -0.627. The van der Waals surface area contributed by atoms with Gasteiger partial charge in [0.1, 0.15) is 17.4 Å². The Bertz CT molecular complexity index is 1320. The fraction of sp³-hybridized carbons (Fsp3) is 0.192. The van der Waals surface area contributed by atoms with Crippen molar-refractivity contribution in [3.63, 3.8) is 0 Å². The smallest absolute Gasteiger partial charge is 0.290 e. The first-order valence-corrected chi connectivity index (χ1v) is 10.8. The van der Waals surface area contributed by atoms with E-state index < -0.39 is 6.04 Å². The maximum atomic E-state index is 13.4. The van der Waals surface area contributed by atoms with Crippen LogP contribution in [0.1, 0.15) is 16.1 Å². The predicted octanol–water partition coefficient (Wildman–Crippen LogP) is 3.69. The maximum absolute atomic E-state index is 13.4. The van der Waals surface area contributed by atoms with Gasteiger partial charge in [0.2, 0.25) is 5.91 Å². The highest BCUT2D eigenvalue weighted by atomic mass is 16.5. The molecule has 33 heavy (non-hydrogen) atoms. The van der Waals surface area contributed by atoms with Crippen molar-refractivity contribution in [2.75, 3.05) is 20.2 Å². The van der Waals surface area contributed by atoms with Gasteiger partial charge in [-0.05, 0) is 47.0 Å². The van der Waals surface area contributed by atoms with Crippen LogP contribution < -0.4 is 10.1 Å². The number of nitrogens with zero attached hydrogens (tertiary/aromatic N) is 2. The highest BCUT2D eigenvalue weighted by molar-refractivity contribution is 5.99. The topological polar surface area (TPSA) is 84.7 Å². The first-order chi connectivity index (χ1) is 16.1. The molecule has 1 aliphatic heterocycles. The quantitative estimate of drug-likeness (QED) is 0.511. The van der Waals surface area contributed by atoms with Crippen LogP contribution >= 0.6 is 0 Å². The van der Waals surface area contributed by atoms with E-state index in [0.717, 1.165) is 22.1 Å². The van der Waals surface area contributed by atoms with E-state index in [2.05, 4.69) is 10.3 Å². The van der Waals surface area contributed by atoms with E-state index in [1.807, 2.05) is 42.5 Å². The molecule has 0 spiro atoms. The standard InChI is InChI=1S/C26H23N3O4/c1-32-21-7-8-23-20(14-21)15-24(33-23)26(31)29-11-10-28-25(30)22(29)13-17-4-2-5-18(12-17)19-6-3-9-27-16-19/h2-9,12,14-16,22H,10-11,13H2,1H3,(H,28,30)/t22-/m1/s1. The second kappa shape index (κ2) is 8.78. The van der Waals surface area contributed by atoms with Gasteiger partial charge >= 0.3 is 0 Å². The van der Waals surface area contributed by atoms with E-state index in [0.29, 0.717) is 30.8 Å². The van der Waals surface area contributed by atoms with Gasteiger partial charge in [0.05, 0.1) is 7.11 Å². The third-order valence-corrected chi connectivity index (χ3v) is 5.88. The number of furan rings is 1. The van der Waals surface area contributed by atoms with Gasteiger partial charge in [-0.2, -0.15) is 0 Å². The van der Waals surface area contributed by atoms with E-state index in [4.69, 9.17) is 9.15 Å². The number of carbonyl (C=O) groups excluding carboxylic acids is 2. The van der Waals surface area contributed by atoms with Crippen LogP contribution in [0.25, 0.3) is 22.1 Å². The number of methoxy groups -OCH3 is 1. The molecule has 7 heteroatoms. The minimum Gasteiger partial charge on any atom is -0.497 e. The van der Waals surface area contributed by atoms with Crippen molar-refractivity contribution in [3.8, 4) is 16.9 Å². The molecule has 2 aromatic carbocycles. The van der Waals surface area contributed by atoms with Crippen molar-refractivity contribution >= 4 is 22.8 Å². The number of piperazine rings is 1. The number of carbonyl (C=O) groups is 2. The number of nitrogens with one attached hydrogen (secondary N) is 1. The third kappa shape index (κ3) is 4.17. The molecule has 0 unspecified atom stereocenters. The van der Waals surface area contributed by atoms with Crippen LogP contribution in [0.5, 0.6) is 5.75 Å². The number of pyridine rings is 1. The molecule has 1 fully saturated rings. The van der Waals surface area contributed by atoms with E-state index in [-0.39, 0.29) is 17.6 Å². The molecule has 1 saturated heterocycles. The van der Waals surface area contributed by atoms with Gasteiger partial charge in [0.25, 0.3) is 5.91 Å². The van der Waals surface area contributed by atoms with Crippen LogP contribution in [0, 0.1) is 0 Å². The number of aromatic nitrogens is 1. The van der Waals surface area contributed by atoms with Crippen molar-refractivity contribution in [2.45, 2.75) is 12.5 Å². The molecule has 0 saturated carbocycles. The van der Waals surface area contributed by atoms with Gasteiger partial charge in [-0.3, -0.25) is 14.6 Å². The lowest BCUT2D eigenvalue weighted by molar-refractivity contribution is -0.127. The van der Waals surface area contributed by atoms with Crippen molar-refractivity contribution < 1.29 is 18.7 Å². The van der Waals surface area contributed by atoms with Crippen molar-refractivity contribution in [2.24, 2.45) is 0 Å². The molecule has 2 aromatic heterocycles. The Morgan fingerprint density at radius 1 is 1.15 bits per heavy atom.